The van der Waals surface area contributed by atoms with Crippen LogP contribution in [0.3, 0.4) is 0 Å². The molecule has 2 aromatic rings. The van der Waals surface area contributed by atoms with E-state index in [9.17, 15) is 0 Å². The van der Waals surface area contributed by atoms with Crippen LogP contribution >= 0.6 is 0 Å². The van der Waals surface area contributed by atoms with Crippen LogP contribution in [0.5, 0.6) is 0 Å². The Balaban J connectivity index is 0.00000112. The molecule has 1 N–H and O–H groups in total. The van der Waals surface area contributed by atoms with E-state index in [1.807, 2.05) is 24.5 Å². The lowest BCUT2D eigenvalue weighted by atomic mass is 10.2. The van der Waals surface area contributed by atoms with Gasteiger partial charge in [-0.05, 0) is 12.1 Å². The van der Waals surface area contributed by atoms with Crippen molar-refractivity contribution in [3.8, 4) is 11.3 Å². The lowest BCUT2D eigenvalue weighted by Gasteiger charge is -1.98. The highest BCUT2D eigenvalue weighted by molar-refractivity contribution is 5.56. The average molecular weight is 189 g/mol. The summed E-state index contributed by atoms with van der Waals surface area (Å²) in [6.45, 7) is 4.23. The lowest BCUT2D eigenvalue weighted by molar-refractivity contribution is 0.795. The van der Waals surface area contributed by atoms with Gasteiger partial charge < -0.3 is 4.98 Å². The highest BCUT2D eigenvalue weighted by atomic mass is 14.9. The van der Waals surface area contributed by atoms with Crippen LogP contribution in [0, 0.1) is 0 Å². The van der Waals surface area contributed by atoms with Crippen molar-refractivity contribution in [2.24, 2.45) is 0 Å². The first kappa shape index (κ1) is 8.94. The molecule has 14 heavy (non-hydrogen) atoms. The Hall–Kier alpha value is -1.64. The zero-order valence-electron chi connectivity index (χ0n) is 8.36. The highest BCUT2D eigenvalue weighted by Crippen LogP contribution is 2.18. The van der Waals surface area contributed by atoms with Gasteiger partial charge in [-0.15, -0.1) is 0 Å². The number of hydrogen-bond acceptors (Lipinski definition) is 2. The van der Waals surface area contributed by atoms with Gasteiger partial charge in [-0.25, -0.2) is 4.98 Å². The number of aromatic amines is 1. The molecule has 0 unspecified atom stereocenters. The Morgan fingerprint density at radius 1 is 1.36 bits per heavy atom. The molecule has 3 heteroatoms. The van der Waals surface area contributed by atoms with E-state index in [0.717, 1.165) is 17.1 Å². The van der Waals surface area contributed by atoms with Crippen LogP contribution in [0.15, 0.2) is 30.7 Å². The molecule has 2 rings (SSSR count). The van der Waals surface area contributed by atoms with E-state index in [1.54, 1.807) is 6.20 Å². The van der Waals surface area contributed by atoms with Crippen molar-refractivity contribution in [1.82, 2.24) is 15.0 Å². The fourth-order valence-corrected chi connectivity index (χ4v) is 1.30. The molecule has 0 amide bonds. The smallest absolute Gasteiger partial charge is 0.109 e. The molecule has 0 aliphatic carbocycles. The Labute approximate surface area is 84.7 Å². The van der Waals surface area contributed by atoms with E-state index in [4.69, 9.17) is 0 Å². The Morgan fingerprint density at radius 2 is 2.21 bits per heavy atom. The molecule has 0 saturated heterocycles. The zero-order valence-corrected chi connectivity index (χ0v) is 8.36. The molecule has 2 heterocycles. The first-order valence-electron chi connectivity index (χ1n) is 4.72. The first-order chi connectivity index (χ1) is 6.77. The van der Waals surface area contributed by atoms with E-state index in [2.05, 4.69) is 28.8 Å². The standard InChI is InChI=1S/C11H13N3.H2/c1-8(2)11-13-7-10(14-11)9-4-3-5-12-6-9;/h3-8H,1-2H3,(H,13,14);1H. The van der Waals surface area contributed by atoms with Crippen LogP contribution < -0.4 is 0 Å². The van der Waals surface area contributed by atoms with Crippen LogP contribution in [0.25, 0.3) is 11.3 Å². The van der Waals surface area contributed by atoms with Gasteiger partial charge in [0.25, 0.3) is 0 Å². The van der Waals surface area contributed by atoms with Crippen molar-refractivity contribution in [2.75, 3.05) is 0 Å². The third-order valence-corrected chi connectivity index (χ3v) is 2.11. The van der Waals surface area contributed by atoms with Crippen LogP contribution in [-0.2, 0) is 0 Å². The van der Waals surface area contributed by atoms with Gasteiger partial charge in [0.05, 0.1) is 11.9 Å². The fourth-order valence-electron chi connectivity index (χ4n) is 1.30. The van der Waals surface area contributed by atoms with Crippen molar-refractivity contribution < 1.29 is 1.43 Å². The largest absolute Gasteiger partial charge is 0.342 e. The number of imidazole rings is 1. The van der Waals surface area contributed by atoms with E-state index < -0.39 is 0 Å². The quantitative estimate of drug-likeness (QED) is 0.789. The normalized spacial score (nSPS) is 10.8. The predicted octanol–water partition coefficient (Wildman–Crippen LogP) is 2.84. The molecular formula is C11H15N3. The van der Waals surface area contributed by atoms with Crippen molar-refractivity contribution in [1.29, 1.82) is 0 Å². The molecular weight excluding hydrogens is 174 g/mol. The second kappa shape index (κ2) is 3.62. The predicted molar refractivity (Wildman–Crippen MR) is 58.0 cm³/mol. The Bertz CT molecular complexity index is 409. The number of hydrogen-bond donors (Lipinski definition) is 1. The van der Waals surface area contributed by atoms with Gasteiger partial charge in [0, 0.05) is 25.3 Å². The summed E-state index contributed by atoms with van der Waals surface area (Å²) in [5.41, 5.74) is 2.11. The molecule has 0 aliphatic rings. The molecule has 0 radical (unpaired) electrons. The molecule has 74 valence electrons. The first-order valence-corrected chi connectivity index (χ1v) is 4.72. The fraction of sp³-hybridized carbons (Fsp3) is 0.273. The monoisotopic (exact) mass is 189 g/mol. The van der Waals surface area contributed by atoms with E-state index >= 15 is 0 Å². The van der Waals surface area contributed by atoms with Gasteiger partial charge in [-0.2, -0.15) is 0 Å². The van der Waals surface area contributed by atoms with Gasteiger partial charge in [0.2, 0.25) is 0 Å². The molecule has 0 saturated carbocycles. The van der Waals surface area contributed by atoms with Gasteiger partial charge in [0.15, 0.2) is 0 Å². The molecule has 3 nitrogen and oxygen atoms in total. The third-order valence-electron chi connectivity index (χ3n) is 2.11. The van der Waals surface area contributed by atoms with E-state index in [1.165, 1.54) is 0 Å². The Kier molecular flexibility index (Phi) is 2.31. The maximum Gasteiger partial charge on any atom is 0.109 e. The summed E-state index contributed by atoms with van der Waals surface area (Å²) in [5, 5.41) is 0. The molecule has 2 aromatic heterocycles. The summed E-state index contributed by atoms with van der Waals surface area (Å²) in [4.78, 5) is 11.7. The van der Waals surface area contributed by atoms with Crippen molar-refractivity contribution in [2.45, 2.75) is 19.8 Å². The third kappa shape index (κ3) is 1.66. The molecule has 0 aromatic carbocycles. The number of pyridine rings is 1. The van der Waals surface area contributed by atoms with Crippen molar-refractivity contribution in [3.05, 3.63) is 36.5 Å². The van der Waals surface area contributed by atoms with Crippen LogP contribution in [0.4, 0.5) is 0 Å². The summed E-state index contributed by atoms with van der Waals surface area (Å²) in [6, 6.07) is 3.94. The summed E-state index contributed by atoms with van der Waals surface area (Å²) >= 11 is 0. The summed E-state index contributed by atoms with van der Waals surface area (Å²) < 4.78 is 0. The maximum absolute atomic E-state index is 4.31. The van der Waals surface area contributed by atoms with Crippen LogP contribution in [0.1, 0.15) is 27.0 Å². The molecule has 0 spiro atoms. The molecule has 0 atom stereocenters. The molecule has 0 fully saturated rings. The number of aromatic nitrogens is 3. The minimum atomic E-state index is 0. The second-order valence-electron chi connectivity index (χ2n) is 3.58. The van der Waals surface area contributed by atoms with Crippen molar-refractivity contribution in [3.63, 3.8) is 0 Å². The van der Waals surface area contributed by atoms with Crippen LogP contribution in [-0.4, -0.2) is 15.0 Å². The zero-order chi connectivity index (χ0) is 9.97. The molecule has 0 aliphatic heterocycles. The minimum Gasteiger partial charge on any atom is -0.342 e. The number of nitrogens with one attached hydrogen (secondary N) is 1. The summed E-state index contributed by atoms with van der Waals surface area (Å²) in [7, 11) is 0. The lowest BCUT2D eigenvalue weighted by Crippen LogP contribution is -1.89. The van der Waals surface area contributed by atoms with Gasteiger partial charge >= 0.3 is 0 Å². The summed E-state index contributed by atoms with van der Waals surface area (Å²) in [6.07, 6.45) is 5.45. The maximum atomic E-state index is 4.31. The average Bonchev–Trinajstić information content (AvgIpc) is 2.68. The van der Waals surface area contributed by atoms with E-state index in [-0.39, 0.29) is 1.43 Å². The van der Waals surface area contributed by atoms with Gasteiger partial charge in [-0.1, -0.05) is 13.8 Å². The van der Waals surface area contributed by atoms with E-state index in [0.29, 0.717) is 5.92 Å². The summed E-state index contributed by atoms with van der Waals surface area (Å²) in [5.74, 6) is 1.45. The number of nitrogens with zero attached hydrogens (tertiary/aromatic N) is 2. The van der Waals surface area contributed by atoms with Gasteiger partial charge in [0.1, 0.15) is 5.82 Å². The molecule has 0 bridgehead atoms. The van der Waals surface area contributed by atoms with Gasteiger partial charge in [-0.3, -0.25) is 4.98 Å². The van der Waals surface area contributed by atoms with Crippen molar-refractivity contribution >= 4 is 0 Å². The Morgan fingerprint density at radius 3 is 2.79 bits per heavy atom. The number of rotatable bonds is 2. The van der Waals surface area contributed by atoms with Crippen LogP contribution in [0.2, 0.25) is 0 Å². The minimum absolute atomic E-state index is 0. The highest BCUT2D eigenvalue weighted by Gasteiger charge is 2.05. The SMILES string of the molecule is CC(C)c1ncc(-c2cccnc2)[nH]1.[HH]. The number of H-pyrrole nitrogens is 1. The topological polar surface area (TPSA) is 41.6 Å². The second-order valence-corrected chi connectivity index (χ2v) is 3.58.